The smallest absolute Gasteiger partial charge is 0.0512 e. The van der Waals surface area contributed by atoms with E-state index < -0.39 is 0 Å². The minimum absolute atomic E-state index is 0.544. The van der Waals surface area contributed by atoms with Gasteiger partial charge in [-0.2, -0.15) is 0 Å². The van der Waals surface area contributed by atoms with Crippen LogP contribution in [0.5, 0.6) is 0 Å². The van der Waals surface area contributed by atoms with Gasteiger partial charge in [0.25, 0.3) is 0 Å². The molecule has 0 aliphatic carbocycles. The monoisotopic (exact) mass is 204 g/mol. The fraction of sp³-hybridized carbons (Fsp3) is 0.538. The van der Waals surface area contributed by atoms with Gasteiger partial charge in [0.15, 0.2) is 0 Å². The van der Waals surface area contributed by atoms with Gasteiger partial charge in [0.1, 0.15) is 0 Å². The Kier molecular flexibility index (Phi) is 3.39. The van der Waals surface area contributed by atoms with Crippen molar-refractivity contribution < 1.29 is 0 Å². The maximum Gasteiger partial charge on any atom is 0.0512 e. The van der Waals surface area contributed by atoms with Gasteiger partial charge >= 0.3 is 0 Å². The first-order valence-corrected chi connectivity index (χ1v) is 5.82. The van der Waals surface area contributed by atoms with Gasteiger partial charge < -0.3 is 0 Å². The lowest BCUT2D eigenvalue weighted by molar-refractivity contribution is 0.207. The topological polar surface area (TPSA) is 6.48 Å². The molecule has 2 rings (SSSR count). The Morgan fingerprint density at radius 1 is 1.20 bits per heavy atom. The second kappa shape index (κ2) is 4.77. The van der Waals surface area contributed by atoms with Crippen LogP contribution in [0.25, 0.3) is 0 Å². The maximum atomic E-state index is 2.54. The Morgan fingerprint density at radius 2 is 1.93 bits per heavy atom. The summed E-state index contributed by atoms with van der Waals surface area (Å²) in [5.41, 5.74) is 1.43. The minimum atomic E-state index is 0.544. The highest BCUT2D eigenvalue weighted by Gasteiger charge is 2.23. The van der Waals surface area contributed by atoms with Crippen molar-refractivity contribution in [1.29, 1.82) is 0 Å². The fourth-order valence-corrected chi connectivity index (χ4v) is 2.18. The Morgan fingerprint density at radius 3 is 2.53 bits per heavy atom. The van der Waals surface area contributed by atoms with Crippen LogP contribution in [-0.2, 0) is 0 Å². The van der Waals surface area contributed by atoms with Crippen molar-refractivity contribution in [1.82, 2.24) is 9.80 Å². The summed E-state index contributed by atoms with van der Waals surface area (Å²) in [6, 6.07) is 11.3. The number of hydrogen-bond donors (Lipinski definition) is 0. The molecule has 0 spiro atoms. The average molecular weight is 204 g/mol. The van der Waals surface area contributed by atoms with Crippen molar-refractivity contribution in [3.8, 4) is 0 Å². The Balaban J connectivity index is 2.00. The third-order valence-electron chi connectivity index (χ3n) is 3.36. The Labute approximate surface area is 92.5 Å². The molecule has 0 N–H and O–H groups in total. The lowest BCUT2D eigenvalue weighted by atomic mass is 10.1. The molecule has 1 aromatic carbocycles. The molecule has 0 saturated carbocycles. The van der Waals surface area contributed by atoms with Crippen molar-refractivity contribution >= 4 is 0 Å². The molecule has 82 valence electrons. The molecule has 15 heavy (non-hydrogen) atoms. The summed E-state index contributed by atoms with van der Waals surface area (Å²) in [7, 11) is 0. The summed E-state index contributed by atoms with van der Waals surface area (Å²) in [4.78, 5) is 5.03. The molecule has 1 heterocycles. The number of hydrogen-bond acceptors (Lipinski definition) is 2. The van der Waals surface area contributed by atoms with Crippen LogP contribution in [0, 0.1) is 0 Å². The molecule has 1 fully saturated rings. The average Bonchev–Trinajstić information content (AvgIpc) is 2.78. The van der Waals surface area contributed by atoms with Crippen LogP contribution in [0.2, 0.25) is 0 Å². The van der Waals surface area contributed by atoms with Gasteiger partial charge in [-0.05, 0) is 19.0 Å². The quantitative estimate of drug-likeness (QED) is 0.745. The molecule has 0 bridgehead atoms. The zero-order valence-electron chi connectivity index (χ0n) is 9.69. The van der Waals surface area contributed by atoms with E-state index in [2.05, 4.69) is 54.0 Å². The van der Waals surface area contributed by atoms with E-state index in [1.165, 1.54) is 18.7 Å². The number of nitrogens with zero attached hydrogens (tertiary/aromatic N) is 2. The largest absolute Gasteiger partial charge is 0.289 e. The van der Waals surface area contributed by atoms with Gasteiger partial charge in [0, 0.05) is 19.1 Å². The molecule has 1 unspecified atom stereocenters. The molecule has 1 atom stereocenters. The summed E-state index contributed by atoms with van der Waals surface area (Å²) < 4.78 is 0. The molecule has 1 saturated heterocycles. The van der Waals surface area contributed by atoms with Gasteiger partial charge in [0.05, 0.1) is 6.67 Å². The van der Waals surface area contributed by atoms with Crippen LogP contribution in [-0.4, -0.2) is 36.1 Å². The zero-order valence-corrected chi connectivity index (χ0v) is 9.69. The van der Waals surface area contributed by atoms with Crippen molar-refractivity contribution in [3.63, 3.8) is 0 Å². The van der Waals surface area contributed by atoms with Gasteiger partial charge in [-0.3, -0.25) is 9.80 Å². The first-order chi connectivity index (χ1) is 7.31. The number of rotatable bonds is 3. The van der Waals surface area contributed by atoms with Gasteiger partial charge in [-0.1, -0.05) is 37.3 Å². The predicted octanol–water partition coefficient (Wildman–Crippen LogP) is 2.34. The molecule has 0 radical (unpaired) electrons. The van der Waals surface area contributed by atoms with Crippen LogP contribution in [0.3, 0.4) is 0 Å². The lowest BCUT2D eigenvalue weighted by Crippen LogP contribution is -2.27. The second-order valence-corrected chi connectivity index (χ2v) is 4.25. The lowest BCUT2D eigenvalue weighted by Gasteiger charge is -2.24. The van der Waals surface area contributed by atoms with Crippen LogP contribution in [0.4, 0.5) is 0 Å². The molecule has 0 amide bonds. The molecule has 1 aromatic rings. The highest BCUT2D eigenvalue weighted by atomic mass is 15.4. The van der Waals surface area contributed by atoms with Crippen LogP contribution in [0.15, 0.2) is 30.3 Å². The molecule has 2 nitrogen and oxygen atoms in total. The van der Waals surface area contributed by atoms with E-state index >= 15 is 0 Å². The second-order valence-electron chi connectivity index (χ2n) is 4.25. The number of likely N-dealkylation sites (N-methyl/N-ethyl adjacent to an activating group) is 1. The molecule has 1 aliphatic rings. The van der Waals surface area contributed by atoms with E-state index in [4.69, 9.17) is 0 Å². The van der Waals surface area contributed by atoms with Crippen molar-refractivity contribution in [2.45, 2.75) is 19.9 Å². The Hall–Kier alpha value is -0.860. The molecular formula is C13H20N2. The minimum Gasteiger partial charge on any atom is -0.289 e. The molecule has 2 heteroatoms. The Bertz CT molecular complexity index is 297. The maximum absolute atomic E-state index is 2.54. The van der Waals surface area contributed by atoms with E-state index in [0.717, 1.165) is 13.2 Å². The predicted molar refractivity (Wildman–Crippen MR) is 63.7 cm³/mol. The number of benzene rings is 1. The first kappa shape index (κ1) is 10.7. The van der Waals surface area contributed by atoms with Crippen molar-refractivity contribution in [3.05, 3.63) is 35.9 Å². The zero-order chi connectivity index (χ0) is 10.7. The standard InChI is InChI=1S/C13H20N2/c1-3-14-9-10-15(11-14)12(2)13-7-5-4-6-8-13/h4-8,12H,3,9-11H2,1-2H3. The van der Waals surface area contributed by atoms with Crippen LogP contribution < -0.4 is 0 Å². The fourth-order valence-electron chi connectivity index (χ4n) is 2.18. The van der Waals surface area contributed by atoms with Gasteiger partial charge in [-0.15, -0.1) is 0 Å². The van der Waals surface area contributed by atoms with E-state index in [0.29, 0.717) is 6.04 Å². The van der Waals surface area contributed by atoms with E-state index in [9.17, 15) is 0 Å². The van der Waals surface area contributed by atoms with Crippen LogP contribution >= 0.6 is 0 Å². The van der Waals surface area contributed by atoms with E-state index in [-0.39, 0.29) is 0 Å². The summed E-state index contributed by atoms with van der Waals surface area (Å²) in [5, 5.41) is 0. The highest BCUT2D eigenvalue weighted by molar-refractivity contribution is 5.18. The van der Waals surface area contributed by atoms with Gasteiger partial charge in [0.2, 0.25) is 0 Å². The molecular weight excluding hydrogens is 184 g/mol. The van der Waals surface area contributed by atoms with Crippen molar-refractivity contribution in [2.75, 3.05) is 26.3 Å². The van der Waals surface area contributed by atoms with Crippen LogP contribution in [0.1, 0.15) is 25.5 Å². The summed E-state index contributed by atoms with van der Waals surface area (Å²) in [6.07, 6.45) is 0. The van der Waals surface area contributed by atoms with E-state index in [1.807, 2.05) is 0 Å². The molecule has 1 aliphatic heterocycles. The van der Waals surface area contributed by atoms with E-state index in [1.54, 1.807) is 0 Å². The van der Waals surface area contributed by atoms with Crippen molar-refractivity contribution in [2.24, 2.45) is 0 Å². The summed E-state index contributed by atoms with van der Waals surface area (Å²) in [5.74, 6) is 0. The normalized spacial score (nSPS) is 20.7. The summed E-state index contributed by atoms with van der Waals surface area (Å²) in [6.45, 7) is 9.23. The first-order valence-electron chi connectivity index (χ1n) is 5.82. The summed E-state index contributed by atoms with van der Waals surface area (Å²) >= 11 is 0. The highest BCUT2D eigenvalue weighted by Crippen LogP contribution is 2.22. The molecule has 0 aromatic heterocycles. The SMILES string of the molecule is CCN1CCN(C(C)c2ccccc2)C1. The third kappa shape index (κ3) is 2.39. The van der Waals surface area contributed by atoms with Gasteiger partial charge in [-0.25, -0.2) is 0 Å². The third-order valence-corrected chi connectivity index (χ3v) is 3.36.